The zero-order valence-corrected chi connectivity index (χ0v) is 9.67. The lowest BCUT2D eigenvalue weighted by atomic mass is 10.2. The Labute approximate surface area is 87.0 Å². The third kappa shape index (κ3) is 3.02. The topological polar surface area (TPSA) is 16.1 Å². The molecule has 0 amide bonds. The van der Waals surface area contributed by atoms with E-state index in [-0.39, 0.29) is 0 Å². The van der Waals surface area contributed by atoms with Crippen LogP contribution in [0.3, 0.4) is 0 Å². The van der Waals surface area contributed by atoms with Crippen LogP contribution in [-0.4, -0.2) is 18.6 Å². The van der Waals surface area contributed by atoms with E-state index in [0.717, 1.165) is 17.9 Å². The third-order valence-corrected chi connectivity index (χ3v) is 2.35. The summed E-state index contributed by atoms with van der Waals surface area (Å²) < 4.78 is 0. The maximum atomic E-state index is 4.37. The highest BCUT2D eigenvalue weighted by Gasteiger charge is 2.01. The van der Waals surface area contributed by atoms with Crippen molar-refractivity contribution in [3.05, 3.63) is 23.5 Å². The molecule has 0 unspecified atom stereocenters. The number of unbranched alkanes of at least 4 members (excludes halogenated alkanes) is 1. The highest BCUT2D eigenvalue weighted by Crippen LogP contribution is 2.15. The summed E-state index contributed by atoms with van der Waals surface area (Å²) in [5, 5.41) is 0. The monoisotopic (exact) mass is 192 g/mol. The normalized spacial score (nSPS) is 10.3. The second kappa shape index (κ2) is 4.99. The largest absolute Gasteiger partial charge is 0.374 e. The molecule has 0 aromatic carbocycles. The summed E-state index contributed by atoms with van der Waals surface area (Å²) in [6.07, 6.45) is 2.49. The van der Waals surface area contributed by atoms with Gasteiger partial charge < -0.3 is 4.90 Å². The van der Waals surface area contributed by atoms with Crippen LogP contribution in [0.4, 0.5) is 5.69 Å². The number of hydrogen-bond acceptors (Lipinski definition) is 2. The van der Waals surface area contributed by atoms with Crippen LogP contribution in [-0.2, 0) is 0 Å². The SMILES string of the molecule is CCCCN(C)c1cc(C)nc(C)c1. The predicted molar refractivity (Wildman–Crippen MR) is 61.9 cm³/mol. The van der Waals surface area contributed by atoms with E-state index in [0.29, 0.717) is 0 Å². The van der Waals surface area contributed by atoms with Gasteiger partial charge in [-0.1, -0.05) is 13.3 Å². The van der Waals surface area contributed by atoms with Crippen molar-refractivity contribution in [3.63, 3.8) is 0 Å². The molecule has 14 heavy (non-hydrogen) atoms. The molecular formula is C12H20N2. The highest BCUT2D eigenvalue weighted by molar-refractivity contribution is 5.47. The average molecular weight is 192 g/mol. The van der Waals surface area contributed by atoms with E-state index in [2.05, 4.69) is 36.0 Å². The minimum atomic E-state index is 1.10. The van der Waals surface area contributed by atoms with E-state index in [1.807, 2.05) is 13.8 Å². The summed E-state index contributed by atoms with van der Waals surface area (Å²) in [4.78, 5) is 6.67. The Hall–Kier alpha value is -1.05. The van der Waals surface area contributed by atoms with E-state index in [1.165, 1.54) is 18.5 Å². The summed E-state index contributed by atoms with van der Waals surface area (Å²) in [6.45, 7) is 7.44. The molecule has 0 aliphatic heterocycles. The lowest BCUT2D eigenvalue weighted by Crippen LogP contribution is -2.18. The Kier molecular flexibility index (Phi) is 3.93. The zero-order chi connectivity index (χ0) is 10.6. The zero-order valence-electron chi connectivity index (χ0n) is 9.67. The lowest BCUT2D eigenvalue weighted by Gasteiger charge is -2.19. The van der Waals surface area contributed by atoms with Gasteiger partial charge in [0.15, 0.2) is 0 Å². The molecule has 0 radical (unpaired) electrons. The summed E-state index contributed by atoms with van der Waals surface area (Å²) in [5.41, 5.74) is 3.48. The van der Waals surface area contributed by atoms with E-state index in [4.69, 9.17) is 0 Å². The Morgan fingerprint density at radius 3 is 2.29 bits per heavy atom. The molecule has 0 atom stereocenters. The van der Waals surface area contributed by atoms with E-state index < -0.39 is 0 Å². The molecule has 2 heteroatoms. The molecule has 1 heterocycles. The van der Waals surface area contributed by atoms with Gasteiger partial charge in [0.2, 0.25) is 0 Å². The van der Waals surface area contributed by atoms with E-state index >= 15 is 0 Å². The molecule has 1 aromatic heterocycles. The van der Waals surface area contributed by atoms with Crippen LogP contribution < -0.4 is 4.90 Å². The fourth-order valence-electron chi connectivity index (χ4n) is 1.56. The third-order valence-electron chi connectivity index (χ3n) is 2.35. The van der Waals surface area contributed by atoms with Crippen LogP contribution in [0.25, 0.3) is 0 Å². The number of pyridine rings is 1. The summed E-state index contributed by atoms with van der Waals surface area (Å²) in [6, 6.07) is 4.28. The molecule has 0 bridgehead atoms. The first-order valence-electron chi connectivity index (χ1n) is 5.30. The first-order chi connectivity index (χ1) is 6.63. The van der Waals surface area contributed by atoms with Gasteiger partial charge in [0.1, 0.15) is 0 Å². The first kappa shape index (κ1) is 11.0. The van der Waals surface area contributed by atoms with Crippen molar-refractivity contribution in [2.24, 2.45) is 0 Å². The fraction of sp³-hybridized carbons (Fsp3) is 0.583. The van der Waals surface area contributed by atoms with Crippen molar-refractivity contribution in [1.29, 1.82) is 0 Å². The van der Waals surface area contributed by atoms with Crippen LogP contribution in [0.5, 0.6) is 0 Å². The maximum Gasteiger partial charge on any atom is 0.0399 e. The smallest absolute Gasteiger partial charge is 0.0399 e. The second-order valence-corrected chi connectivity index (χ2v) is 3.88. The van der Waals surface area contributed by atoms with Gasteiger partial charge in [-0.15, -0.1) is 0 Å². The van der Waals surface area contributed by atoms with Gasteiger partial charge in [0.25, 0.3) is 0 Å². The minimum Gasteiger partial charge on any atom is -0.374 e. The highest BCUT2D eigenvalue weighted by atomic mass is 15.1. The first-order valence-corrected chi connectivity index (χ1v) is 5.30. The van der Waals surface area contributed by atoms with Gasteiger partial charge >= 0.3 is 0 Å². The molecule has 0 saturated heterocycles. The van der Waals surface area contributed by atoms with Crippen molar-refractivity contribution in [2.45, 2.75) is 33.6 Å². The molecule has 2 nitrogen and oxygen atoms in total. The number of aromatic nitrogens is 1. The van der Waals surface area contributed by atoms with Crippen molar-refractivity contribution < 1.29 is 0 Å². The molecule has 78 valence electrons. The Morgan fingerprint density at radius 1 is 1.21 bits per heavy atom. The molecule has 0 fully saturated rings. The number of hydrogen-bond donors (Lipinski definition) is 0. The number of nitrogens with zero attached hydrogens (tertiary/aromatic N) is 2. The Balaban J connectivity index is 2.73. The fourth-order valence-corrected chi connectivity index (χ4v) is 1.56. The molecule has 0 spiro atoms. The lowest BCUT2D eigenvalue weighted by molar-refractivity contribution is 0.765. The van der Waals surface area contributed by atoms with Crippen molar-refractivity contribution in [2.75, 3.05) is 18.5 Å². The molecule has 0 aliphatic carbocycles. The molecule has 1 aromatic rings. The number of aryl methyl sites for hydroxylation is 2. The number of rotatable bonds is 4. The van der Waals surface area contributed by atoms with Crippen molar-refractivity contribution in [1.82, 2.24) is 4.98 Å². The molecule has 0 saturated carbocycles. The van der Waals surface area contributed by atoms with Crippen LogP contribution in [0, 0.1) is 13.8 Å². The van der Waals surface area contributed by atoms with Gasteiger partial charge in [-0.25, -0.2) is 0 Å². The van der Waals surface area contributed by atoms with Crippen molar-refractivity contribution in [3.8, 4) is 0 Å². The van der Waals surface area contributed by atoms with Gasteiger partial charge in [-0.3, -0.25) is 4.98 Å². The standard InChI is InChI=1S/C12H20N2/c1-5-6-7-14(4)12-8-10(2)13-11(3)9-12/h8-9H,5-7H2,1-4H3. The van der Waals surface area contributed by atoms with Gasteiger partial charge in [0, 0.05) is 30.7 Å². The van der Waals surface area contributed by atoms with Crippen LogP contribution >= 0.6 is 0 Å². The van der Waals surface area contributed by atoms with Gasteiger partial charge in [-0.2, -0.15) is 0 Å². The summed E-state index contributed by atoms with van der Waals surface area (Å²) >= 11 is 0. The van der Waals surface area contributed by atoms with Crippen LogP contribution in [0.1, 0.15) is 31.2 Å². The number of anilines is 1. The van der Waals surface area contributed by atoms with Crippen LogP contribution in [0.2, 0.25) is 0 Å². The van der Waals surface area contributed by atoms with Crippen molar-refractivity contribution >= 4 is 5.69 Å². The molecule has 0 N–H and O–H groups in total. The van der Waals surface area contributed by atoms with Crippen LogP contribution in [0.15, 0.2) is 12.1 Å². The Bertz CT molecular complexity index is 274. The van der Waals surface area contributed by atoms with Gasteiger partial charge in [-0.05, 0) is 32.4 Å². The minimum absolute atomic E-state index is 1.10. The molecule has 1 rings (SSSR count). The summed E-state index contributed by atoms with van der Waals surface area (Å²) in [5.74, 6) is 0. The molecule has 0 aliphatic rings. The Morgan fingerprint density at radius 2 is 1.79 bits per heavy atom. The van der Waals surface area contributed by atoms with E-state index in [9.17, 15) is 0 Å². The maximum absolute atomic E-state index is 4.37. The second-order valence-electron chi connectivity index (χ2n) is 3.88. The quantitative estimate of drug-likeness (QED) is 0.729. The average Bonchev–Trinajstić information content (AvgIpc) is 2.12. The van der Waals surface area contributed by atoms with E-state index in [1.54, 1.807) is 0 Å². The summed E-state index contributed by atoms with van der Waals surface area (Å²) in [7, 11) is 2.14. The predicted octanol–water partition coefficient (Wildman–Crippen LogP) is 2.93. The molecular weight excluding hydrogens is 172 g/mol. The van der Waals surface area contributed by atoms with Gasteiger partial charge in [0.05, 0.1) is 0 Å².